The van der Waals surface area contributed by atoms with Crippen molar-refractivity contribution in [1.82, 2.24) is 0 Å². The van der Waals surface area contributed by atoms with Crippen molar-refractivity contribution in [3.63, 3.8) is 0 Å². The minimum Gasteiger partial charge on any atom is -0.456 e. The summed E-state index contributed by atoms with van der Waals surface area (Å²) in [4.78, 5) is 0. The molecule has 7 aromatic rings. The molecule has 5 heteroatoms. The fraction of sp³-hybridized carbons (Fsp3) is 0. The van der Waals surface area contributed by atoms with Crippen LogP contribution >= 0.6 is 0 Å². The van der Waals surface area contributed by atoms with Gasteiger partial charge in [-0.05, 0) is 17.7 Å². The highest BCUT2D eigenvalue weighted by molar-refractivity contribution is 6.61. The molecule has 0 atom stereocenters. The summed E-state index contributed by atoms with van der Waals surface area (Å²) in [7, 11) is -1.51. The van der Waals surface area contributed by atoms with E-state index in [0.717, 1.165) is 33.1 Å². The van der Waals surface area contributed by atoms with Gasteiger partial charge in [0, 0.05) is 32.6 Å². The lowest BCUT2D eigenvalue weighted by molar-refractivity contribution is 0.425. The second-order valence-electron chi connectivity index (χ2n) is 8.34. The molecule has 5 aromatic carbocycles. The Bertz CT molecular complexity index is 1780. The first kappa shape index (κ1) is 21.2. The van der Waals surface area contributed by atoms with Crippen LogP contribution in [-0.4, -0.2) is 17.2 Å². The number of para-hydroxylation sites is 4. The van der Waals surface area contributed by atoms with Crippen LogP contribution in [0, 0.1) is 0 Å². The molecule has 168 valence electrons. The van der Waals surface area contributed by atoms with Gasteiger partial charge in [-0.2, -0.15) is 0 Å². The molecule has 7 rings (SSSR count). The fourth-order valence-corrected chi connectivity index (χ4v) is 4.56. The largest absolute Gasteiger partial charge is 0.492 e. The van der Waals surface area contributed by atoms with Gasteiger partial charge in [0.15, 0.2) is 0 Å². The lowest BCUT2D eigenvalue weighted by atomic mass is 9.79. The lowest BCUT2D eigenvalue weighted by Crippen LogP contribution is -2.29. The number of hydrogen-bond acceptors (Lipinski definition) is 4. The van der Waals surface area contributed by atoms with Gasteiger partial charge in [0.25, 0.3) is 0 Å². The molecule has 35 heavy (non-hydrogen) atoms. The highest BCUT2D eigenvalue weighted by atomic mass is 16.4. The predicted molar refractivity (Wildman–Crippen MR) is 143 cm³/mol. The average Bonchev–Trinajstić information content (AvgIpc) is 3.48. The second kappa shape index (κ2) is 8.80. The SMILES string of the molecule is OB(O)c1cccc2c1oc1ccccc12.c1ccc(-c2cccc3c2oc2ccccc23)cc1. The number of rotatable bonds is 2. The second-order valence-corrected chi connectivity index (χ2v) is 8.34. The Kier molecular flexibility index (Phi) is 5.34. The van der Waals surface area contributed by atoms with Crippen molar-refractivity contribution < 1.29 is 18.9 Å². The Balaban J connectivity index is 0.000000133. The van der Waals surface area contributed by atoms with Crippen molar-refractivity contribution in [1.29, 1.82) is 0 Å². The summed E-state index contributed by atoms with van der Waals surface area (Å²) < 4.78 is 11.7. The standard InChI is InChI=1S/C18H12O.C12H9BO3/c1-2-7-13(8-3-1)14-10-6-11-16-15-9-4-5-12-17(15)19-18(14)16;14-13(15)10-6-3-5-9-8-4-1-2-7-11(8)16-12(9)10/h1-12H;1-7,14-15H. The van der Waals surface area contributed by atoms with Crippen molar-refractivity contribution >= 4 is 56.5 Å². The van der Waals surface area contributed by atoms with Gasteiger partial charge in [-0.15, -0.1) is 0 Å². The van der Waals surface area contributed by atoms with Crippen LogP contribution in [-0.2, 0) is 0 Å². The molecule has 0 saturated heterocycles. The van der Waals surface area contributed by atoms with E-state index in [9.17, 15) is 10.0 Å². The Morgan fingerprint density at radius 2 is 0.971 bits per heavy atom. The van der Waals surface area contributed by atoms with E-state index >= 15 is 0 Å². The number of fused-ring (bicyclic) bond motifs is 6. The summed E-state index contributed by atoms with van der Waals surface area (Å²) in [5.41, 5.74) is 5.94. The van der Waals surface area contributed by atoms with E-state index in [1.807, 2.05) is 54.6 Å². The number of benzene rings is 5. The van der Waals surface area contributed by atoms with Crippen LogP contribution in [0.1, 0.15) is 0 Å². The predicted octanol–water partition coefficient (Wildman–Crippen LogP) is 6.52. The van der Waals surface area contributed by atoms with Crippen molar-refractivity contribution in [3.8, 4) is 11.1 Å². The smallest absolute Gasteiger partial charge is 0.456 e. The van der Waals surface area contributed by atoms with Crippen LogP contribution < -0.4 is 5.46 Å². The van der Waals surface area contributed by atoms with Gasteiger partial charge >= 0.3 is 7.12 Å². The molecule has 0 saturated carbocycles. The van der Waals surface area contributed by atoms with Crippen molar-refractivity contribution in [2.24, 2.45) is 0 Å². The molecule has 2 N–H and O–H groups in total. The zero-order valence-electron chi connectivity index (χ0n) is 18.8. The van der Waals surface area contributed by atoms with E-state index in [2.05, 4.69) is 48.5 Å². The molecule has 0 bridgehead atoms. The lowest BCUT2D eigenvalue weighted by Gasteiger charge is -2.01. The zero-order chi connectivity index (χ0) is 23.8. The van der Waals surface area contributed by atoms with Crippen LogP contribution in [0.25, 0.3) is 55.0 Å². The van der Waals surface area contributed by atoms with Crippen LogP contribution in [0.4, 0.5) is 0 Å². The average molecular weight is 456 g/mol. The van der Waals surface area contributed by atoms with Crippen LogP contribution in [0.2, 0.25) is 0 Å². The molecule has 0 radical (unpaired) electrons. The summed E-state index contributed by atoms with van der Waals surface area (Å²) >= 11 is 0. The van der Waals surface area contributed by atoms with E-state index in [-0.39, 0.29) is 0 Å². The molecule has 0 aliphatic heterocycles. The van der Waals surface area contributed by atoms with Gasteiger partial charge in [-0.1, -0.05) is 103 Å². The molecule has 0 unspecified atom stereocenters. The molecule has 2 heterocycles. The first-order valence-corrected chi connectivity index (χ1v) is 11.4. The van der Waals surface area contributed by atoms with Crippen molar-refractivity contribution in [2.75, 3.05) is 0 Å². The van der Waals surface area contributed by atoms with Gasteiger partial charge < -0.3 is 18.9 Å². The summed E-state index contributed by atoms with van der Waals surface area (Å²) in [6.07, 6.45) is 0. The van der Waals surface area contributed by atoms with E-state index in [0.29, 0.717) is 11.0 Å². The van der Waals surface area contributed by atoms with Crippen LogP contribution in [0.15, 0.2) is 124 Å². The Labute approximate surface area is 201 Å². The topological polar surface area (TPSA) is 66.7 Å². The first-order valence-electron chi connectivity index (χ1n) is 11.4. The molecule has 2 aromatic heterocycles. The third-order valence-electron chi connectivity index (χ3n) is 6.20. The summed E-state index contributed by atoms with van der Waals surface area (Å²) in [5.74, 6) is 0. The Morgan fingerprint density at radius 1 is 0.457 bits per heavy atom. The minimum atomic E-state index is -1.51. The highest BCUT2D eigenvalue weighted by Gasteiger charge is 2.18. The van der Waals surface area contributed by atoms with Gasteiger partial charge in [-0.3, -0.25) is 0 Å². The maximum absolute atomic E-state index is 9.24. The third-order valence-corrected chi connectivity index (χ3v) is 6.20. The maximum atomic E-state index is 9.24. The van der Waals surface area contributed by atoms with Crippen LogP contribution in [0.3, 0.4) is 0 Å². The Hall–Kier alpha value is -4.32. The van der Waals surface area contributed by atoms with Gasteiger partial charge in [0.1, 0.15) is 22.3 Å². The monoisotopic (exact) mass is 456 g/mol. The van der Waals surface area contributed by atoms with Crippen LogP contribution in [0.5, 0.6) is 0 Å². The summed E-state index contributed by atoms with van der Waals surface area (Å²) in [5, 5.41) is 22.7. The van der Waals surface area contributed by atoms with Crippen molar-refractivity contribution in [2.45, 2.75) is 0 Å². The molecule has 0 aliphatic rings. The van der Waals surface area contributed by atoms with Gasteiger partial charge in [0.05, 0.1) is 0 Å². The normalized spacial score (nSPS) is 11.1. The molecule has 0 fully saturated rings. The van der Waals surface area contributed by atoms with E-state index < -0.39 is 7.12 Å². The van der Waals surface area contributed by atoms with E-state index in [1.54, 1.807) is 12.1 Å². The molecule has 4 nitrogen and oxygen atoms in total. The Morgan fingerprint density at radius 3 is 1.63 bits per heavy atom. The first-order chi connectivity index (χ1) is 17.2. The number of hydrogen-bond donors (Lipinski definition) is 2. The molecular formula is C30H21BO4. The molecular weight excluding hydrogens is 435 g/mol. The molecule has 0 aliphatic carbocycles. The van der Waals surface area contributed by atoms with Gasteiger partial charge in [-0.25, -0.2) is 0 Å². The van der Waals surface area contributed by atoms with Crippen molar-refractivity contribution in [3.05, 3.63) is 115 Å². The van der Waals surface area contributed by atoms with E-state index in [4.69, 9.17) is 8.83 Å². The maximum Gasteiger partial charge on any atom is 0.492 e. The summed E-state index contributed by atoms with van der Waals surface area (Å²) in [6, 6.07) is 37.8. The fourth-order valence-electron chi connectivity index (χ4n) is 4.56. The quantitative estimate of drug-likeness (QED) is 0.291. The summed E-state index contributed by atoms with van der Waals surface area (Å²) in [6.45, 7) is 0. The zero-order valence-corrected chi connectivity index (χ0v) is 18.8. The molecule has 0 amide bonds. The third kappa shape index (κ3) is 3.77. The highest BCUT2D eigenvalue weighted by Crippen LogP contribution is 2.35. The number of furan rings is 2. The van der Waals surface area contributed by atoms with E-state index in [1.165, 1.54) is 16.3 Å². The minimum absolute atomic E-state index is 0.397. The molecule has 0 spiro atoms. The van der Waals surface area contributed by atoms with Gasteiger partial charge in [0.2, 0.25) is 0 Å².